The van der Waals surface area contributed by atoms with Crippen LogP contribution in [-0.2, 0) is 28.4 Å². The lowest BCUT2D eigenvalue weighted by molar-refractivity contribution is -0.0721. The van der Waals surface area contributed by atoms with Crippen molar-refractivity contribution in [3.63, 3.8) is 0 Å². The van der Waals surface area contributed by atoms with Crippen molar-refractivity contribution in [2.45, 2.75) is 44.2 Å². The van der Waals surface area contributed by atoms with Gasteiger partial charge in [0.25, 0.3) is 5.79 Å². The van der Waals surface area contributed by atoms with Crippen LogP contribution in [0.15, 0.2) is 42.6 Å². The van der Waals surface area contributed by atoms with Gasteiger partial charge >= 0.3 is 5.97 Å². The quantitative estimate of drug-likeness (QED) is 0.252. The summed E-state index contributed by atoms with van der Waals surface area (Å²) >= 11 is 6.01. The van der Waals surface area contributed by atoms with Crippen molar-refractivity contribution in [3.05, 3.63) is 81.9 Å². The van der Waals surface area contributed by atoms with Crippen molar-refractivity contribution >= 4 is 28.6 Å². The first kappa shape index (κ1) is 27.7. The van der Waals surface area contributed by atoms with E-state index in [0.29, 0.717) is 58.8 Å². The lowest BCUT2D eigenvalue weighted by atomic mass is 10.0. The number of esters is 1. The van der Waals surface area contributed by atoms with Crippen LogP contribution in [0.2, 0.25) is 5.02 Å². The number of halogens is 3. The maximum atomic E-state index is 15.4. The minimum Gasteiger partial charge on any atom is -0.465 e. The van der Waals surface area contributed by atoms with Gasteiger partial charge in [-0.3, -0.25) is 9.88 Å². The SMILES string of the molecule is COC(=O)c1cc(F)c2nc(CN3CC4C(C3)C4c3c(F)ccc4c3OC(C)(c3ccc(Cl)cn3)O4)n(C[C@@H]3CCO3)c2c1. The van der Waals surface area contributed by atoms with E-state index in [-0.39, 0.29) is 40.8 Å². The molecule has 44 heavy (non-hydrogen) atoms. The summed E-state index contributed by atoms with van der Waals surface area (Å²) in [5.41, 5.74) is 1.97. The van der Waals surface area contributed by atoms with Crippen molar-refractivity contribution in [2.24, 2.45) is 11.8 Å². The lowest BCUT2D eigenvalue weighted by Crippen LogP contribution is -2.33. The summed E-state index contributed by atoms with van der Waals surface area (Å²) in [6, 6.07) is 9.28. The fourth-order valence-corrected chi connectivity index (χ4v) is 7.13. The van der Waals surface area contributed by atoms with Gasteiger partial charge < -0.3 is 23.5 Å². The average Bonchev–Trinajstić information content (AvgIpc) is 3.28. The Hall–Kier alpha value is -3.80. The van der Waals surface area contributed by atoms with Gasteiger partial charge in [-0.05, 0) is 60.6 Å². The molecule has 3 aliphatic heterocycles. The fraction of sp³-hybridized carbons (Fsp3) is 0.406. The predicted octanol–water partition coefficient (Wildman–Crippen LogP) is 5.43. The van der Waals surface area contributed by atoms with Gasteiger partial charge in [-0.1, -0.05) is 11.6 Å². The molecule has 2 aromatic carbocycles. The number of methoxy groups -OCH3 is 1. The number of fused-ring (bicyclic) bond motifs is 3. The maximum Gasteiger partial charge on any atom is 0.338 e. The van der Waals surface area contributed by atoms with Gasteiger partial charge in [0, 0.05) is 38.4 Å². The van der Waals surface area contributed by atoms with E-state index < -0.39 is 17.6 Å². The summed E-state index contributed by atoms with van der Waals surface area (Å²) in [7, 11) is 1.27. The highest BCUT2D eigenvalue weighted by molar-refractivity contribution is 6.30. The predicted molar refractivity (Wildman–Crippen MR) is 155 cm³/mol. The number of benzene rings is 2. The molecule has 0 spiro atoms. The topological polar surface area (TPSA) is 87.9 Å². The number of hydrogen-bond acceptors (Lipinski definition) is 8. The van der Waals surface area contributed by atoms with Gasteiger partial charge in [0.05, 0.1) is 42.4 Å². The molecule has 9 nitrogen and oxygen atoms in total. The minimum absolute atomic E-state index is 0.00600. The molecule has 3 unspecified atom stereocenters. The number of piperidine rings is 1. The summed E-state index contributed by atoms with van der Waals surface area (Å²) in [5, 5.41) is 0.498. The normalized spacial score (nSPS) is 26.9. The summed E-state index contributed by atoms with van der Waals surface area (Å²) in [6.45, 7) is 4.92. The number of rotatable bonds is 7. The van der Waals surface area contributed by atoms with Crippen LogP contribution in [0.25, 0.3) is 11.0 Å². The van der Waals surface area contributed by atoms with E-state index in [1.54, 1.807) is 31.2 Å². The molecular weight excluding hydrogens is 594 g/mol. The monoisotopic (exact) mass is 622 g/mol. The number of pyridine rings is 1. The highest BCUT2D eigenvalue weighted by atomic mass is 35.5. The van der Waals surface area contributed by atoms with E-state index in [1.807, 2.05) is 4.57 Å². The van der Waals surface area contributed by atoms with Crippen LogP contribution in [0.3, 0.4) is 0 Å². The van der Waals surface area contributed by atoms with E-state index in [4.69, 9.17) is 30.5 Å². The number of carbonyl (C=O) groups excluding carboxylic acids is 1. The van der Waals surface area contributed by atoms with Gasteiger partial charge in [0.15, 0.2) is 17.3 Å². The Bertz CT molecular complexity index is 1800. The Kier molecular flexibility index (Phi) is 6.37. The molecule has 4 atom stereocenters. The van der Waals surface area contributed by atoms with E-state index >= 15 is 8.78 Å². The van der Waals surface area contributed by atoms with Crippen molar-refractivity contribution < 1.29 is 32.5 Å². The molecule has 4 aromatic rings. The molecule has 1 saturated carbocycles. The molecule has 228 valence electrons. The first-order valence-corrected chi connectivity index (χ1v) is 15.0. The molecule has 0 amide bonds. The highest BCUT2D eigenvalue weighted by Crippen LogP contribution is 2.63. The van der Waals surface area contributed by atoms with E-state index in [1.165, 1.54) is 19.4 Å². The molecule has 4 aliphatic rings. The molecule has 2 saturated heterocycles. The molecule has 2 aromatic heterocycles. The van der Waals surface area contributed by atoms with Crippen LogP contribution < -0.4 is 9.47 Å². The number of aromatic nitrogens is 3. The van der Waals surface area contributed by atoms with Crippen molar-refractivity contribution in [1.29, 1.82) is 0 Å². The molecule has 12 heteroatoms. The van der Waals surface area contributed by atoms with Crippen molar-refractivity contribution in [3.8, 4) is 11.5 Å². The van der Waals surface area contributed by atoms with Gasteiger partial charge in [0.1, 0.15) is 22.9 Å². The maximum absolute atomic E-state index is 15.4. The third kappa shape index (κ3) is 4.43. The first-order chi connectivity index (χ1) is 21.2. The van der Waals surface area contributed by atoms with E-state index in [2.05, 4.69) is 14.9 Å². The van der Waals surface area contributed by atoms with Crippen LogP contribution in [0.4, 0.5) is 8.78 Å². The summed E-state index contributed by atoms with van der Waals surface area (Å²) in [5.74, 6) is -0.620. The second-order valence-electron chi connectivity index (χ2n) is 12.1. The average molecular weight is 623 g/mol. The van der Waals surface area contributed by atoms with Gasteiger partial charge in [-0.2, -0.15) is 0 Å². The van der Waals surface area contributed by atoms with Gasteiger partial charge in [-0.25, -0.2) is 18.6 Å². The molecule has 3 fully saturated rings. The molecule has 1 aliphatic carbocycles. The molecule has 0 radical (unpaired) electrons. The smallest absolute Gasteiger partial charge is 0.338 e. The molecule has 0 bridgehead atoms. The van der Waals surface area contributed by atoms with Crippen LogP contribution in [-0.4, -0.2) is 58.3 Å². The van der Waals surface area contributed by atoms with Gasteiger partial charge in [-0.15, -0.1) is 0 Å². The zero-order chi connectivity index (χ0) is 30.3. The number of likely N-dealkylation sites (tertiary alicyclic amines) is 1. The molecular formula is C32H29ClF2N4O5. The fourth-order valence-electron chi connectivity index (χ4n) is 7.02. The van der Waals surface area contributed by atoms with Crippen LogP contribution in [0, 0.1) is 23.5 Å². The Morgan fingerprint density at radius 3 is 2.61 bits per heavy atom. The highest BCUT2D eigenvalue weighted by Gasteiger charge is 2.59. The molecule has 8 rings (SSSR count). The summed E-state index contributed by atoms with van der Waals surface area (Å²) in [6.07, 6.45) is 2.44. The number of imidazole rings is 1. The van der Waals surface area contributed by atoms with Crippen molar-refractivity contribution in [2.75, 3.05) is 26.8 Å². The zero-order valence-corrected chi connectivity index (χ0v) is 24.8. The van der Waals surface area contributed by atoms with Gasteiger partial charge in [0.2, 0.25) is 0 Å². The first-order valence-electron chi connectivity index (χ1n) is 14.7. The molecule has 5 heterocycles. The zero-order valence-electron chi connectivity index (χ0n) is 24.1. The third-order valence-corrected chi connectivity index (χ3v) is 9.58. The van der Waals surface area contributed by atoms with Crippen LogP contribution in [0.1, 0.15) is 46.7 Å². The van der Waals surface area contributed by atoms with E-state index in [9.17, 15) is 4.79 Å². The van der Waals surface area contributed by atoms with Crippen LogP contribution >= 0.6 is 11.6 Å². The molecule has 0 N–H and O–H groups in total. The standard InChI is InChI=1S/C32H29ClF2N4O5/c1-32(25-6-3-17(33)11-36-25)43-24-5-4-21(34)28(30(24)44-32)27-19-13-38(14-20(19)27)15-26-37-29-22(35)9-16(31(40)41-2)10-23(29)39(26)12-18-7-8-42-18/h3-6,9-11,18-20,27H,7-8,12-15H2,1-2H3/t18-,19?,20?,27?,32?/m0/s1. The number of nitrogens with zero attached hydrogens (tertiary/aromatic N) is 4. The Balaban J connectivity index is 1.03. The van der Waals surface area contributed by atoms with Crippen molar-refractivity contribution in [1.82, 2.24) is 19.4 Å². The Morgan fingerprint density at radius 1 is 1.14 bits per heavy atom. The second-order valence-corrected chi connectivity index (χ2v) is 12.5. The van der Waals surface area contributed by atoms with Crippen LogP contribution in [0.5, 0.6) is 11.5 Å². The van der Waals surface area contributed by atoms with E-state index in [0.717, 1.165) is 25.6 Å². The Labute approximate surface area is 256 Å². The lowest BCUT2D eigenvalue weighted by Gasteiger charge is -2.28. The number of carbonyl (C=O) groups is 1. The number of ether oxygens (including phenoxy) is 4. The minimum atomic E-state index is -1.20. The summed E-state index contributed by atoms with van der Waals surface area (Å²) in [4.78, 5) is 23.5. The number of hydrogen-bond donors (Lipinski definition) is 0. The Morgan fingerprint density at radius 2 is 1.93 bits per heavy atom. The second kappa shape index (κ2) is 10.1. The third-order valence-electron chi connectivity index (χ3n) is 9.36. The largest absolute Gasteiger partial charge is 0.465 e. The summed E-state index contributed by atoms with van der Waals surface area (Å²) < 4.78 is 55.4.